The summed E-state index contributed by atoms with van der Waals surface area (Å²) in [5, 5.41) is 71.0. The van der Waals surface area contributed by atoms with Crippen LogP contribution in [0.25, 0.3) is 10.4 Å². The highest BCUT2D eigenvalue weighted by atomic mass is 16.8. The van der Waals surface area contributed by atoms with E-state index in [1.54, 1.807) is 0 Å². The van der Waals surface area contributed by atoms with Gasteiger partial charge < -0.3 is 50.0 Å². The third-order valence-electron chi connectivity index (χ3n) is 4.15. The van der Waals surface area contributed by atoms with Crippen LogP contribution in [0.1, 0.15) is 0 Å². The number of aliphatic hydroxyl groups excluding tert-OH is 7. The molecule has 0 aliphatic carbocycles. The molecule has 25 heavy (non-hydrogen) atoms. The first kappa shape index (κ1) is 20.2. The molecule has 0 radical (unpaired) electrons. The van der Waals surface area contributed by atoms with Crippen molar-refractivity contribution >= 4 is 0 Å². The smallest absolute Gasteiger partial charge is 0.189 e. The van der Waals surface area contributed by atoms with Crippen molar-refractivity contribution < 1.29 is 50.0 Å². The van der Waals surface area contributed by atoms with Crippen molar-refractivity contribution in [2.75, 3.05) is 13.2 Å². The van der Waals surface area contributed by atoms with E-state index in [0.717, 1.165) is 0 Å². The zero-order valence-electron chi connectivity index (χ0n) is 12.9. The summed E-state index contributed by atoms with van der Waals surface area (Å²) in [4.78, 5) is 2.50. The Morgan fingerprint density at radius 1 is 0.800 bits per heavy atom. The molecular formula is C12H21N3O10. The van der Waals surface area contributed by atoms with E-state index < -0.39 is 74.6 Å². The molecule has 13 nitrogen and oxygen atoms in total. The van der Waals surface area contributed by atoms with Crippen LogP contribution in [0.4, 0.5) is 0 Å². The normalized spacial score (nSPS) is 48.0. The number of aliphatic hydroxyl groups is 7. The number of rotatable bonds is 5. The molecule has 6 unspecified atom stereocenters. The van der Waals surface area contributed by atoms with Crippen LogP contribution in [0.2, 0.25) is 0 Å². The molecule has 0 bridgehead atoms. The molecule has 0 aromatic carbocycles. The first-order valence-electron chi connectivity index (χ1n) is 7.48. The van der Waals surface area contributed by atoms with Gasteiger partial charge in [-0.2, -0.15) is 0 Å². The Labute approximate surface area is 141 Å². The number of nitrogens with zero attached hydrogens (tertiary/aromatic N) is 3. The van der Waals surface area contributed by atoms with Gasteiger partial charge in [-0.25, -0.2) is 0 Å². The van der Waals surface area contributed by atoms with Crippen molar-refractivity contribution in [1.82, 2.24) is 0 Å². The average Bonchev–Trinajstić information content (AvgIpc) is 2.61. The highest BCUT2D eigenvalue weighted by Gasteiger charge is 2.49. The summed E-state index contributed by atoms with van der Waals surface area (Å²) < 4.78 is 15.5. The largest absolute Gasteiger partial charge is 0.394 e. The molecule has 13 heteroatoms. The van der Waals surface area contributed by atoms with Crippen LogP contribution >= 0.6 is 0 Å². The zero-order valence-corrected chi connectivity index (χ0v) is 12.9. The van der Waals surface area contributed by atoms with E-state index in [9.17, 15) is 30.6 Å². The number of hydrogen-bond donors (Lipinski definition) is 7. The maximum Gasteiger partial charge on any atom is 0.189 e. The predicted octanol–water partition coefficient (Wildman–Crippen LogP) is -4.08. The minimum atomic E-state index is -1.74. The van der Waals surface area contributed by atoms with E-state index in [-0.39, 0.29) is 0 Å². The lowest BCUT2D eigenvalue weighted by atomic mass is 9.97. The van der Waals surface area contributed by atoms with Crippen LogP contribution in [-0.4, -0.2) is 110 Å². The Hall–Kier alpha value is -1.09. The van der Waals surface area contributed by atoms with Crippen LogP contribution in [-0.2, 0) is 14.2 Å². The van der Waals surface area contributed by atoms with Gasteiger partial charge in [0.05, 0.1) is 31.5 Å². The standard InChI is InChI=1S/C12H21N3O10/c13-15-14-5-3(1-16)23-11(9(21)7(5)19)25-12-10(22)8(20)6(18)4(2-17)24-12/h3-12,16-22H,1-2H2/t3?,4?,5-,6+,7?,8?,9?,10?,11+,12+/m0/s1. The van der Waals surface area contributed by atoms with Gasteiger partial charge in [0.25, 0.3) is 0 Å². The van der Waals surface area contributed by atoms with Gasteiger partial charge in [-0.05, 0) is 5.53 Å². The van der Waals surface area contributed by atoms with Crippen molar-refractivity contribution in [3.05, 3.63) is 10.4 Å². The van der Waals surface area contributed by atoms with Crippen LogP contribution < -0.4 is 0 Å². The number of hydrogen-bond acceptors (Lipinski definition) is 11. The Kier molecular flexibility index (Phi) is 6.90. The molecule has 2 heterocycles. The second kappa shape index (κ2) is 8.53. The minimum absolute atomic E-state index is 0.665. The van der Waals surface area contributed by atoms with Crippen molar-refractivity contribution in [2.24, 2.45) is 5.11 Å². The predicted molar refractivity (Wildman–Crippen MR) is 75.5 cm³/mol. The molecular weight excluding hydrogens is 346 g/mol. The van der Waals surface area contributed by atoms with E-state index in [1.165, 1.54) is 0 Å². The lowest BCUT2D eigenvalue weighted by Gasteiger charge is -2.44. The van der Waals surface area contributed by atoms with Gasteiger partial charge in [-0.15, -0.1) is 0 Å². The van der Waals surface area contributed by atoms with Crippen molar-refractivity contribution in [1.29, 1.82) is 0 Å². The molecule has 0 aromatic rings. The topological polar surface area (TPSA) is 218 Å². The molecule has 2 aliphatic rings. The summed E-state index contributed by atoms with van der Waals surface area (Å²) in [6.07, 6.45) is -14.1. The Morgan fingerprint density at radius 2 is 1.32 bits per heavy atom. The lowest BCUT2D eigenvalue weighted by molar-refractivity contribution is -0.368. The first-order chi connectivity index (χ1) is 11.8. The third-order valence-corrected chi connectivity index (χ3v) is 4.15. The lowest BCUT2D eigenvalue weighted by Crippen LogP contribution is -2.63. The summed E-state index contributed by atoms with van der Waals surface area (Å²) in [6, 6.07) is -1.28. The first-order valence-corrected chi connectivity index (χ1v) is 7.48. The van der Waals surface area contributed by atoms with Gasteiger partial charge in [0.1, 0.15) is 30.5 Å². The quantitative estimate of drug-likeness (QED) is 0.141. The molecule has 2 rings (SSSR count). The highest BCUT2D eigenvalue weighted by molar-refractivity contribution is 4.95. The van der Waals surface area contributed by atoms with Crippen LogP contribution in [0.15, 0.2) is 5.11 Å². The Morgan fingerprint density at radius 3 is 1.84 bits per heavy atom. The molecule has 0 aromatic heterocycles. The van der Waals surface area contributed by atoms with Crippen LogP contribution in [0.5, 0.6) is 0 Å². The molecule has 2 fully saturated rings. The number of azide groups is 1. The number of ether oxygens (including phenoxy) is 3. The van der Waals surface area contributed by atoms with E-state index in [4.69, 9.17) is 24.8 Å². The van der Waals surface area contributed by atoms with Crippen LogP contribution in [0, 0.1) is 0 Å². The molecule has 144 valence electrons. The van der Waals surface area contributed by atoms with E-state index in [1.807, 2.05) is 0 Å². The Bertz CT molecular complexity index is 488. The second-order valence-electron chi connectivity index (χ2n) is 5.74. The minimum Gasteiger partial charge on any atom is -0.394 e. The fourth-order valence-corrected chi connectivity index (χ4v) is 2.69. The van der Waals surface area contributed by atoms with Crippen molar-refractivity contribution in [2.45, 2.75) is 61.3 Å². The SMILES string of the molecule is [N-]=[N+]=N[C@H]1C(CO)O[C@H](O[C@H]2OC(CO)[C@@H](O)C(O)C2O)C(O)C1O. The highest BCUT2D eigenvalue weighted by Crippen LogP contribution is 2.29. The van der Waals surface area contributed by atoms with Crippen molar-refractivity contribution in [3.8, 4) is 0 Å². The maximum atomic E-state index is 10.0. The fraction of sp³-hybridized carbons (Fsp3) is 1.00. The average molecular weight is 367 g/mol. The fourth-order valence-electron chi connectivity index (χ4n) is 2.69. The summed E-state index contributed by atoms with van der Waals surface area (Å²) in [5.74, 6) is 0. The summed E-state index contributed by atoms with van der Waals surface area (Å²) >= 11 is 0. The molecule has 2 aliphatic heterocycles. The zero-order chi connectivity index (χ0) is 18.7. The summed E-state index contributed by atoms with van der Waals surface area (Å²) in [5.41, 5.74) is 8.48. The maximum absolute atomic E-state index is 10.0. The van der Waals surface area contributed by atoms with Crippen LogP contribution in [0.3, 0.4) is 0 Å². The van der Waals surface area contributed by atoms with Gasteiger partial charge >= 0.3 is 0 Å². The van der Waals surface area contributed by atoms with E-state index in [0.29, 0.717) is 0 Å². The molecule has 0 spiro atoms. The third kappa shape index (κ3) is 4.02. The molecule has 7 N–H and O–H groups in total. The van der Waals surface area contributed by atoms with Crippen molar-refractivity contribution in [3.63, 3.8) is 0 Å². The van der Waals surface area contributed by atoms with Gasteiger partial charge in [-0.1, -0.05) is 5.11 Å². The van der Waals surface area contributed by atoms with E-state index in [2.05, 4.69) is 10.0 Å². The summed E-state index contributed by atoms with van der Waals surface area (Å²) in [6.45, 7) is -1.35. The molecule has 0 amide bonds. The molecule has 2 saturated heterocycles. The summed E-state index contributed by atoms with van der Waals surface area (Å²) in [7, 11) is 0. The van der Waals surface area contributed by atoms with Gasteiger partial charge in [0.15, 0.2) is 12.6 Å². The Balaban J connectivity index is 2.12. The van der Waals surface area contributed by atoms with E-state index >= 15 is 0 Å². The monoisotopic (exact) mass is 367 g/mol. The van der Waals surface area contributed by atoms with Gasteiger partial charge in [0, 0.05) is 4.91 Å². The van der Waals surface area contributed by atoms with Gasteiger partial charge in [0.2, 0.25) is 0 Å². The molecule has 0 saturated carbocycles. The van der Waals surface area contributed by atoms with Gasteiger partial charge in [-0.3, -0.25) is 0 Å². The molecule has 10 atom stereocenters. The second-order valence-corrected chi connectivity index (χ2v) is 5.74.